The number of nitrogens with zero attached hydrogens (tertiary/aromatic N) is 1. The van der Waals surface area contributed by atoms with Gasteiger partial charge in [-0.05, 0) is 71.2 Å². The van der Waals surface area contributed by atoms with E-state index in [1.54, 1.807) is 19.9 Å². The fraction of sp³-hybridized carbons (Fsp3) is 0.300. The van der Waals surface area contributed by atoms with E-state index in [-0.39, 0.29) is 17.4 Å². The Morgan fingerprint density at radius 3 is 2.47 bits per heavy atom. The topological polar surface area (TPSA) is 69.4 Å². The molecule has 0 unspecified atom stereocenters. The molecular weight excluding hydrogens is 452 g/mol. The van der Waals surface area contributed by atoms with E-state index in [4.69, 9.17) is 4.74 Å². The zero-order chi connectivity index (χ0) is 13.2. The van der Waals surface area contributed by atoms with Gasteiger partial charge in [0, 0.05) is 3.57 Å². The molecule has 0 bridgehead atoms. The van der Waals surface area contributed by atoms with Crippen LogP contribution in [0, 0.1) is 17.3 Å². The average Bonchev–Trinajstić information content (AvgIpc) is 2.14. The quantitative estimate of drug-likeness (QED) is 0.300. The summed E-state index contributed by atoms with van der Waals surface area (Å²) in [6, 6.07) is 3.11. The lowest BCUT2D eigenvalue weighted by atomic mass is 10.2. The van der Waals surface area contributed by atoms with Crippen molar-refractivity contribution >= 4 is 56.8 Å². The summed E-state index contributed by atoms with van der Waals surface area (Å²) in [4.78, 5) is 22.1. The van der Waals surface area contributed by atoms with Crippen LogP contribution in [0.3, 0.4) is 0 Å². The van der Waals surface area contributed by atoms with E-state index >= 15 is 0 Å². The van der Waals surface area contributed by atoms with Crippen LogP contribution in [-0.4, -0.2) is 17.0 Å². The molecule has 0 N–H and O–H groups in total. The fourth-order valence-electron chi connectivity index (χ4n) is 1.18. The molecule has 0 heterocycles. The van der Waals surface area contributed by atoms with Gasteiger partial charge in [-0.1, -0.05) is 0 Å². The van der Waals surface area contributed by atoms with Gasteiger partial charge in [0.25, 0.3) is 5.69 Å². The van der Waals surface area contributed by atoms with Crippen LogP contribution in [-0.2, 0) is 4.74 Å². The van der Waals surface area contributed by atoms with Gasteiger partial charge in [0.1, 0.15) is 5.56 Å². The van der Waals surface area contributed by atoms with Crippen LogP contribution in [0.2, 0.25) is 0 Å². The van der Waals surface area contributed by atoms with E-state index in [1.165, 1.54) is 6.07 Å². The summed E-state index contributed by atoms with van der Waals surface area (Å²) in [5, 5.41) is 10.9. The molecule has 0 fully saturated rings. The molecule has 17 heavy (non-hydrogen) atoms. The molecule has 92 valence electrons. The summed E-state index contributed by atoms with van der Waals surface area (Å²) >= 11 is 3.84. The van der Waals surface area contributed by atoms with E-state index in [0.29, 0.717) is 3.57 Å². The highest BCUT2D eigenvalue weighted by molar-refractivity contribution is 14.1. The maximum atomic E-state index is 11.8. The van der Waals surface area contributed by atoms with Crippen molar-refractivity contribution in [2.75, 3.05) is 0 Å². The van der Waals surface area contributed by atoms with Crippen LogP contribution in [0.15, 0.2) is 12.1 Å². The minimum Gasteiger partial charge on any atom is -0.459 e. The molecule has 0 aliphatic heterocycles. The first-order valence-electron chi connectivity index (χ1n) is 4.67. The lowest BCUT2D eigenvalue weighted by Crippen LogP contribution is -2.14. The van der Waals surface area contributed by atoms with Gasteiger partial charge >= 0.3 is 5.97 Å². The Labute approximate surface area is 125 Å². The molecule has 5 nitrogen and oxygen atoms in total. The Bertz CT molecular complexity index is 474. The summed E-state index contributed by atoms with van der Waals surface area (Å²) < 4.78 is 6.17. The lowest BCUT2D eigenvalue weighted by Gasteiger charge is -2.09. The summed E-state index contributed by atoms with van der Waals surface area (Å²) in [5.41, 5.74) is -0.198. The second-order valence-electron chi connectivity index (χ2n) is 3.49. The Morgan fingerprint density at radius 1 is 1.41 bits per heavy atom. The van der Waals surface area contributed by atoms with Crippen LogP contribution in [0.5, 0.6) is 0 Å². The number of halogens is 2. The summed E-state index contributed by atoms with van der Waals surface area (Å²) in [7, 11) is 0. The molecule has 7 heteroatoms. The van der Waals surface area contributed by atoms with Gasteiger partial charge in [-0.2, -0.15) is 0 Å². The van der Waals surface area contributed by atoms with Crippen LogP contribution in [0.25, 0.3) is 0 Å². The van der Waals surface area contributed by atoms with Gasteiger partial charge in [-0.15, -0.1) is 0 Å². The molecule has 0 atom stereocenters. The van der Waals surface area contributed by atoms with Crippen molar-refractivity contribution in [3.8, 4) is 0 Å². The van der Waals surface area contributed by atoms with E-state index in [2.05, 4.69) is 0 Å². The SMILES string of the molecule is CC(C)OC(=O)c1cc(I)cc(I)c1[N+](=O)[O-]. The molecule has 1 aromatic carbocycles. The average molecular weight is 461 g/mol. The second kappa shape index (κ2) is 5.94. The van der Waals surface area contributed by atoms with E-state index in [9.17, 15) is 14.9 Å². The molecule has 0 aliphatic carbocycles. The highest BCUT2D eigenvalue weighted by atomic mass is 127. The number of nitro benzene ring substituents is 1. The van der Waals surface area contributed by atoms with Crippen molar-refractivity contribution in [3.63, 3.8) is 0 Å². The van der Waals surface area contributed by atoms with Crippen LogP contribution in [0.4, 0.5) is 5.69 Å². The van der Waals surface area contributed by atoms with Crippen LogP contribution >= 0.6 is 45.2 Å². The number of nitro groups is 1. The fourth-order valence-corrected chi connectivity index (χ4v) is 3.23. The summed E-state index contributed by atoms with van der Waals surface area (Å²) in [5.74, 6) is -0.664. The monoisotopic (exact) mass is 461 g/mol. The molecule has 0 spiro atoms. The largest absolute Gasteiger partial charge is 0.459 e. The van der Waals surface area contributed by atoms with Crippen molar-refractivity contribution in [1.82, 2.24) is 0 Å². The normalized spacial score (nSPS) is 10.4. The van der Waals surface area contributed by atoms with Gasteiger partial charge in [0.05, 0.1) is 14.6 Å². The van der Waals surface area contributed by atoms with Crippen molar-refractivity contribution in [2.45, 2.75) is 20.0 Å². The van der Waals surface area contributed by atoms with Gasteiger partial charge in [-0.25, -0.2) is 4.79 Å². The number of hydrogen-bond donors (Lipinski definition) is 0. The van der Waals surface area contributed by atoms with Crippen LogP contribution < -0.4 is 0 Å². The number of rotatable bonds is 3. The highest BCUT2D eigenvalue weighted by Gasteiger charge is 2.26. The molecule has 1 aromatic rings. The van der Waals surface area contributed by atoms with E-state index in [1.807, 2.05) is 45.2 Å². The molecule has 1 rings (SSSR count). The standard InChI is InChI=1S/C10H9I2NO4/c1-5(2)17-10(14)7-3-6(11)4-8(12)9(7)13(15)16/h3-5H,1-2H3. The molecule has 0 aromatic heterocycles. The highest BCUT2D eigenvalue weighted by Crippen LogP contribution is 2.28. The van der Waals surface area contributed by atoms with Crippen molar-refractivity contribution < 1.29 is 14.5 Å². The molecule has 0 radical (unpaired) electrons. The van der Waals surface area contributed by atoms with E-state index in [0.717, 1.165) is 3.57 Å². The first-order chi connectivity index (χ1) is 7.82. The number of carbonyl (C=O) groups excluding carboxylic acids is 1. The number of ether oxygens (including phenoxy) is 1. The van der Waals surface area contributed by atoms with Crippen molar-refractivity contribution in [2.24, 2.45) is 0 Å². The predicted molar refractivity (Wildman–Crippen MR) is 79.1 cm³/mol. The van der Waals surface area contributed by atoms with E-state index < -0.39 is 10.9 Å². The lowest BCUT2D eigenvalue weighted by molar-refractivity contribution is -0.386. The Balaban J connectivity index is 3.30. The Morgan fingerprint density at radius 2 is 2.00 bits per heavy atom. The molecule has 0 saturated carbocycles. The second-order valence-corrected chi connectivity index (χ2v) is 5.90. The predicted octanol–water partition coefficient (Wildman–Crippen LogP) is 3.37. The molecule has 0 aliphatic rings. The summed E-state index contributed by atoms with van der Waals surface area (Å²) in [6.07, 6.45) is -0.308. The minimum atomic E-state index is -0.664. The number of esters is 1. The zero-order valence-corrected chi connectivity index (χ0v) is 13.4. The van der Waals surface area contributed by atoms with Gasteiger partial charge < -0.3 is 4.74 Å². The van der Waals surface area contributed by atoms with Gasteiger partial charge in [0.15, 0.2) is 0 Å². The molecule has 0 saturated heterocycles. The Hall–Kier alpha value is -0.450. The smallest absolute Gasteiger partial charge is 0.345 e. The third-order valence-electron chi connectivity index (χ3n) is 1.77. The first kappa shape index (κ1) is 14.6. The molecule has 0 amide bonds. The van der Waals surface area contributed by atoms with Gasteiger partial charge in [-0.3, -0.25) is 10.1 Å². The maximum absolute atomic E-state index is 11.8. The first-order valence-corrected chi connectivity index (χ1v) is 6.83. The van der Waals surface area contributed by atoms with Crippen molar-refractivity contribution in [1.29, 1.82) is 0 Å². The van der Waals surface area contributed by atoms with Crippen molar-refractivity contribution in [3.05, 3.63) is 35.0 Å². The summed E-state index contributed by atoms with van der Waals surface area (Å²) in [6.45, 7) is 3.39. The maximum Gasteiger partial charge on any atom is 0.345 e. The Kier molecular flexibility index (Phi) is 5.10. The zero-order valence-electron chi connectivity index (χ0n) is 9.07. The number of benzene rings is 1. The third-order valence-corrected chi connectivity index (χ3v) is 3.22. The molecular formula is C10H9I2NO4. The number of carbonyl (C=O) groups is 1. The third kappa shape index (κ3) is 3.76. The van der Waals surface area contributed by atoms with Crippen LogP contribution in [0.1, 0.15) is 24.2 Å². The number of hydrogen-bond acceptors (Lipinski definition) is 4. The van der Waals surface area contributed by atoms with Gasteiger partial charge in [0.2, 0.25) is 0 Å². The minimum absolute atomic E-state index is 0.000000000000000222.